The first kappa shape index (κ1) is 12.6. The van der Waals surface area contributed by atoms with E-state index in [0.717, 1.165) is 12.1 Å². The molecule has 0 aliphatic rings. The number of nitrogens with two attached hydrogens (primary N) is 1. The van der Waals surface area contributed by atoms with Crippen LogP contribution in [0.1, 0.15) is 5.56 Å². The molecular formula is C9H10NO5S-. The molecule has 1 unspecified atom stereocenters. The van der Waals surface area contributed by atoms with Gasteiger partial charge in [0.2, 0.25) is 0 Å². The van der Waals surface area contributed by atoms with Crippen molar-refractivity contribution < 1.29 is 22.9 Å². The van der Waals surface area contributed by atoms with Crippen LogP contribution in [0.5, 0.6) is 0 Å². The van der Waals surface area contributed by atoms with Crippen molar-refractivity contribution >= 4 is 16.1 Å². The third-order valence-corrected chi connectivity index (χ3v) is 2.83. The van der Waals surface area contributed by atoms with Gasteiger partial charge in [-0.1, -0.05) is 12.1 Å². The lowest BCUT2D eigenvalue weighted by atomic mass is 10.1. The van der Waals surface area contributed by atoms with Gasteiger partial charge in [0.05, 0.1) is 4.90 Å². The molecule has 0 saturated carbocycles. The fourth-order valence-electron chi connectivity index (χ4n) is 1.13. The molecule has 1 atom stereocenters. The lowest BCUT2D eigenvalue weighted by molar-refractivity contribution is -0.138. The third-order valence-electron chi connectivity index (χ3n) is 1.98. The third kappa shape index (κ3) is 3.30. The molecular weight excluding hydrogens is 234 g/mol. The Hall–Kier alpha value is -1.44. The fourth-order valence-corrected chi connectivity index (χ4v) is 1.60. The van der Waals surface area contributed by atoms with Gasteiger partial charge in [-0.2, -0.15) is 0 Å². The number of benzene rings is 1. The van der Waals surface area contributed by atoms with E-state index >= 15 is 0 Å². The molecule has 0 fully saturated rings. The molecule has 0 aromatic heterocycles. The Balaban J connectivity index is 2.84. The second-order valence-corrected chi connectivity index (χ2v) is 4.63. The minimum absolute atomic E-state index is 0.0779. The van der Waals surface area contributed by atoms with E-state index in [1.807, 2.05) is 0 Å². The van der Waals surface area contributed by atoms with Crippen molar-refractivity contribution in [1.29, 1.82) is 0 Å². The Kier molecular flexibility index (Phi) is 3.63. The van der Waals surface area contributed by atoms with Gasteiger partial charge in [-0.05, 0) is 24.1 Å². The van der Waals surface area contributed by atoms with Gasteiger partial charge in [-0.25, -0.2) is 8.42 Å². The molecule has 0 saturated heterocycles. The molecule has 7 heteroatoms. The number of carbonyl (C=O) groups is 1. The lowest BCUT2D eigenvalue weighted by Crippen LogP contribution is -2.32. The summed E-state index contributed by atoms with van der Waals surface area (Å²) in [6.45, 7) is 0. The van der Waals surface area contributed by atoms with Crippen molar-refractivity contribution in [2.24, 2.45) is 5.73 Å². The van der Waals surface area contributed by atoms with E-state index in [-0.39, 0.29) is 11.3 Å². The van der Waals surface area contributed by atoms with Crippen LogP contribution < -0.4 is 5.73 Å². The van der Waals surface area contributed by atoms with Crippen LogP contribution >= 0.6 is 0 Å². The molecule has 0 radical (unpaired) electrons. The van der Waals surface area contributed by atoms with Crippen molar-refractivity contribution in [3.63, 3.8) is 0 Å². The highest BCUT2D eigenvalue weighted by Gasteiger charge is 2.12. The van der Waals surface area contributed by atoms with Crippen LogP contribution in [-0.4, -0.2) is 30.1 Å². The van der Waals surface area contributed by atoms with Crippen LogP contribution in [0.25, 0.3) is 0 Å². The SMILES string of the molecule is NC(Cc1ccc(S(=O)(=O)[O-])cc1)C(=O)O. The summed E-state index contributed by atoms with van der Waals surface area (Å²) in [6.07, 6.45) is 0.0779. The maximum atomic E-state index is 10.6. The molecule has 3 N–H and O–H groups in total. The summed E-state index contributed by atoms with van der Waals surface area (Å²) < 4.78 is 31.8. The molecule has 1 aromatic rings. The van der Waals surface area contributed by atoms with Gasteiger partial charge in [0, 0.05) is 0 Å². The predicted octanol–water partition coefficient (Wildman–Crippen LogP) is -0.455. The van der Waals surface area contributed by atoms with Gasteiger partial charge in [0.1, 0.15) is 16.2 Å². The Morgan fingerprint density at radius 2 is 1.88 bits per heavy atom. The van der Waals surface area contributed by atoms with E-state index < -0.39 is 22.1 Å². The van der Waals surface area contributed by atoms with Crippen molar-refractivity contribution in [3.8, 4) is 0 Å². The zero-order chi connectivity index (χ0) is 12.3. The van der Waals surface area contributed by atoms with E-state index in [9.17, 15) is 17.8 Å². The average molecular weight is 244 g/mol. The quantitative estimate of drug-likeness (QED) is 0.691. The summed E-state index contributed by atoms with van der Waals surface area (Å²) in [4.78, 5) is 10.1. The minimum atomic E-state index is -4.46. The monoisotopic (exact) mass is 244 g/mol. The normalized spacial score (nSPS) is 13.4. The average Bonchev–Trinajstić information content (AvgIpc) is 2.17. The van der Waals surface area contributed by atoms with Crippen LogP contribution in [-0.2, 0) is 21.3 Å². The molecule has 0 spiro atoms. The summed E-state index contributed by atoms with van der Waals surface area (Å²) in [5.41, 5.74) is 5.85. The summed E-state index contributed by atoms with van der Waals surface area (Å²) in [5, 5.41) is 8.56. The molecule has 88 valence electrons. The Morgan fingerprint density at radius 3 is 2.25 bits per heavy atom. The summed E-state index contributed by atoms with van der Waals surface area (Å²) in [6, 6.07) is 3.95. The standard InChI is InChI=1S/C9H11NO5S/c10-8(9(11)12)5-6-1-3-7(4-2-6)16(13,14)15/h1-4,8H,5,10H2,(H,11,12)(H,13,14,15)/p-1. The van der Waals surface area contributed by atoms with E-state index in [2.05, 4.69) is 0 Å². The second-order valence-electron chi connectivity index (χ2n) is 3.25. The Morgan fingerprint density at radius 1 is 1.38 bits per heavy atom. The van der Waals surface area contributed by atoms with Crippen LogP contribution in [0.4, 0.5) is 0 Å². The van der Waals surface area contributed by atoms with E-state index in [4.69, 9.17) is 10.8 Å². The summed E-state index contributed by atoms with van der Waals surface area (Å²) >= 11 is 0. The predicted molar refractivity (Wildman–Crippen MR) is 53.7 cm³/mol. The summed E-state index contributed by atoms with van der Waals surface area (Å²) in [5.74, 6) is -1.14. The number of hydrogen-bond donors (Lipinski definition) is 2. The molecule has 1 aromatic carbocycles. The number of carboxylic acid groups (broad SMARTS) is 1. The zero-order valence-electron chi connectivity index (χ0n) is 8.16. The molecule has 16 heavy (non-hydrogen) atoms. The van der Waals surface area contributed by atoms with Gasteiger partial charge in [-0.15, -0.1) is 0 Å². The largest absolute Gasteiger partial charge is 0.744 e. The number of rotatable bonds is 4. The maximum Gasteiger partial charge on any atom is 0.320 e. The Bertz CT molecular complexity index is 479. The molecule has 0 heterocycles. The first-order chi connectivity index (χ1) is 7.30. The van der Waals surface area contributed by atoms with Crippen LogP contribution in [0.3, 0.4) is 0 Å². The molecule has 1 rings (SSSR count). The van der Waals surface area contributed by atoms with Gasteiger partial charge < -0.3 is 15.4 Å². The molecule has 0 aliphatic heterocycles. The fraction of sp³-hybridized carbons (Fsp3) is 0.222. The number of carboxylic acids is 1. The lowest BCUT2D eigenvalue weighted by Gasteiger charge is -2.09. The first-order valence-corrected chi connectivity index (χ1v) is 5.75. The van der Waals surface area contributed by atoms with Crippen molar-refractivity contribution in [2.45, 2.75) is 17.4 Å². The highest BCUT2D eigenvalue weighted by atomic mass is 32.2. The van der Waals surface area contributed by atoms with Gasteiger partial charge in [0.25, 0.3) is 0 Å². The van der Waals surface area contributed by atoms with Crippen LogP contribution in [0.15, 0.2) is 29.2 Å². The first-order valence-electron chi connectivity index (χ1n) is 4.34. The van der Waals surface area contributed by atoms with E-state index in [0.29, 0.717) is 5.56 Å². The molecule has 0 aliphatic carbocycles. The molecule has 0 bridgehead atoms. The smallest absolute Gasteiger partial charge is 0.320 e. The maximum absolute atomic E-state index is 10.6. The second kappa shape index (κ2) is 4.60. The van der Waals surface area contributed by atoms with Gasteiger partial charge in [-0.3, -0.25) is 4.79 Å². The zero-order valence-corrected chi connectivity index (χ0v) is 8.98. The molecule has 0 amide bonds. The van der Waals surface area contributed by atoms with Crippen molar-refractivity contribution in [2.75, 3.05) is 0 Å². The van der Waals surface area contributed by atoms with Crippen LogP contribution in [0, 0.1) is 0 Å². The highest BCUT2D eigenvalue weighted by Crippen LogP contribution is 2.11. The minimum Gasteiger partial charge on any atom is -0.744 e. The number of aliphatic carboxylic acids is 1. The highest BCUT2D eigenvalue weighted by molar-refractivity contribution is 7.85. The van der Waals surface area contributed by atoms with Crippen molar-refractivity contribution in [3.05, 3.63) is 29.8 Å². The Labute approximate surface area is 92.5 Å². The van der Waals surface area contributed by atoms with Gasteiger partial charge >= 0.3 is 5.97 Å². The van der Waals surface area contributed by atoms with E-state index in [1.165, 1.54) is 12.1 Å². The topological polar surface area (TPSA) is 121 Å². The van der Waals surface area contributed by atoms with Gasteiger partial charge in [0.15, 0.2) is 0 Å². The van der Waals surface area contributed by atoms with Crippen LogP contribution in [0.2, 0.25) is 0 Å². The number of hydrogen-bond acceptors (Lipinski definition) is 5. The van der Waals surface area contributed by atoms with E-state index in [1.54, 1.807) is 0 Å². The molecule has 6 nitrogen and oxygen atoms in total. The summed E-state index contributed by atoms with van der Waals surface area (Å²) in [7, 11) is -4.46. The van der Waals surface area contributed by atoms with Crippen molar-refractivity contribution in [1.82, 2.24) is 0 Å².